The predicted octanol–water partition coefficient (Wildman–Crippen LogP) is -2.42. The molecular weight excluding hydrogens is 206 g/mol. The number of phosphoric acid groups is 1. The second kappa shape index (κ2) is 7.69. The molecular formula is C2H6NaO8P. The zero-order chi connectivity index (χ0) is 9.65. The van der Waals surface area contributed by atoms with Crippen LogP contribution in [0.4, 0.5) is 0 Å². The molecule has 0 aromatic carbocycles. The van der Waals surface area contributed by atoms with Gasteiger partial charge in [0.1, 0.15) is 0 Å². The molecule has 0 saturated heterocycles. The van der Waals surface area contributed by atoms with Crippen molar-refractivity contribution in [2.24, 2.45) is 0 Å². The predicted molar refractivity (Wildman–Crippen MR) is 36.7 cm³/mol. The topological polar surface area (TPSA) is 152 Å². The third-order valence-corrected chi connectivity index (χ3v) is 0.183. The molecule has 0 amide bonds. The van der Waals surface area contributed by atoms with E-state index in [0.29, 0.717) is 0 Å². The number of aliphatic carboxylic acids is 2. The first-order chi connectivity index (χ1) is 4.64. The van der Waals surface area contributed by atoms with Gasteiger partial charge in [-0.05, 0) is 0 Å². The Hall–Kier alpha value is 0.0500. The van der Waals surface area contributed by atoms with Crippen LogP contribution >= 0.6 is 7.82 Å². The van der Waals surface area contributed by atoms with E-state index in [4.69, 9.17) is 39.0 Å². The zero-order valence-electron chi connectivity index (χ0n) is 4.91. The van der Waals surface area contributed by atoms with Crippen molar-refractivity contribution in [1.29, 1.82) is 0 Å². The first kappa shape index (κ1) is 18.0. The van der Waals surface area contributed by atoms with Crippen molar-refractivity contribution in [2.75, 3.05) is 0 Å². The minimum atomic E-state index is -4.64. The van der Waals surface area contributed by atoms with Crippen LogP contribution in [0.25, 0.3) is 0 Å². The van der Waals surface area contributed by atoms with E-state index in [0.717, 1.165) is 0 Å². The maximum absolute atomic E-state index is 9.10. The Kier molecular flexibility index (Phi) is 11.5. The van der Waals surface area contributed by atoms with Crippen LogP contribution in [-0.2, 0) is 14.2 Å². The normalized spacial score (nSPS) is 8.58. The first-order valence-electron chi connectivity index (χ1n) is 1.89. The minimum absolute atomic E-state index is 0. The van der Waals surface area contributed by atoms with Gasteiger partial charge in [-0.15, -0.1) is 0 Å². The van der Waals surface area contributed by atoms with Gasteiger partial charge in [0.2, 0.25) is 0 Å². The van der Waals surface area contributed by atoms with Crippen LogP contribution in [0, 0.1) is 0 Å². The summed E-state index contributed by atoms with van der Waals surface area (Å²) in [6, 6.07) is 0. The van der Waals surface area contributed by atoms with Crippen LogP contribution in [-0.4, -0.2) is 66.4 Å². The van der Waals surface area contributed by atoms with Gasteiger partial charge in [0, 0.05) is 0 Å². The second-order valence-corrected chi connectivity index (χ2v) is 2.15. The van der Waals surface area contributed by atoms with Gasteiger partial charge in [0.25, 0.3) is 0 Å². The summed E-state index contributed by atoms with van der Waals surface area (Å²) >= 11 is 0. The summed E-state index contributed by atoms with van der Waals surface area (Å²) in [6.45, 7) is 0. The fourth-order valence-electron chi connectivity index (χ4n) is 0. The average molecular weight is 212 g/mol. The van der Waals surface area contributed by atoms with Crippen LogP contribution in [0.2, 0.25) is 0 Å². The van der Waals surface area contributed by atoms with Crippen molar-refractivity contribution in [1.82, 2.24) is 0 Å². The molecule has 10 heteroatoms. The summed E-state index contributed by atoms with van der Waals surface area (Å²) in [4.78, 5) is 39.8. The fourth-order valence-corrected chi connectivity index (χ4v) is 0. The molecule has 0 fully saturated rings. The first-order valence-corrected chi connectivity index (χ1v) is 3.45. The number of hydrogen-bond donors (Lipinski definition) is 5. The van der Waals surface area contributed by atoms with E-state index in [-0.39, 0.29) is 29.6 Å². The van der Waals surface area contributed by atoms with Gasteiger partial charge in [-0.3, -0.25) is 0 Å². The molecule has 8 nitrogen and oxygen atoms in total. The standard InChI is InChI=1S/C2H2O4.Na.H3O4P.H/c3-1(4)2(5)6;;1-5(2,3)4;/h(H,3,4)(H,5,6);;(H3,1,2,3,4);. The molecule has 12 heavy (non-hydrogen) atoms. The Morgan fingerprint density at radius 2 is 1.00 bits per heavy atom. The van der Waals surface area contributed by atoms with E-state index in [1.807, 2.05) is 0 Å². The number of rotatable bonds is 0. The Bertz CT molecular complexity index is 173. The van der Waals surface area contributed by atoms with E-state index in [1.54, 1.807) is 0 Å². The van der Waals surface area contributed by atoms with Crippen LogP contribution in [0.5, 0.6) is 0 Å². The van der Waals surface area contributed by atoms with E-state index >= 15 is 0 Å². The number of carboxylic acids is 2. The molecule has 0 aromatic heterocycles. The van der Waals surface area contributed by atoms with Crippen LogP contribution in [0.15, 0.2) is 0 Å². The van der Waals surface area contributed by atoms with E-state index in [1.165, 1.54) is 0 Å². The SMILES string of the molecule is O=C(O)C(=O)O.O=P(O)(O)O.[NaH]. The number of carboxylic acid groups (broad SMARTS) is 2. The molecule has 0 bridgehead atoms. The van der Waals surface area contributed by atoms with E-state index in [9.17, 15) is 0 Å². The average Bonchev–Trinajstić information content (AvgIpc) is 1.59. The Morgan fingerprint density at radius 3 is 1.00 bits per heavy atom. The zero-order valence-corrected chi connectivity index (χ0v) is 5.80. The Morgan fingerprint density at radius 1 is 0.917 bits per heavy atom. The Balaban J connectivity index is -0.000000126. The number of carbonyl (C=O) groups is 2. The molecule has 68 valence electrons. The van der Waals surface area contributed by atoms with Gasteiger partial charge >= 0.3 is 49.3 Å². The summed E-state index contributed by atoms with van der Waals surface area (Å²) in [6.07, 6.45) is 0. The summed E-state index contributed by atoms with van der Waals surface area (Å²) in [5, 5.41) is 14.8. The van der Waals surface area contributed by atoms with Gasteiger partial charge in [-0.25, -0.2) is 14.2 Å². The van der Waals surface area contributed by atoms with Gasteiger partial charge in [0.15, 0.2) is 0 Å². The summed E-state index contributed by atoms with van der Waals surface area (Å²) in [5.74, 6) is -3.65. The van der Waals surface area contributed by atoms with Crippen LogP contribution < -0.4 is 0 Å². The number of hydrogen-bond acceptors (Lipinski definition) is 3. The fraction of sp³-hybridized carbons (Fsp3) is 0. The van der Waals surface area contributed by atoms with E-state index < -0.39 is 19.8 Å². The van der Waals surface area contributed by atoms with Crippen molar-refractivity contribution < 1.29 is 39.0 Å². The summed E-state index contributed by atoms with van der Waals surface area (Å²) < 4.78 is 8.88. The van der Waals surface area contributed by atoms with Crippen LogP contribution in [0.1, 0.15) is 0 Å². The van der Waals surface area contributed by atoms with E-state index in [2.05, 4.69) is 0 Å². The van der Waals surface area contributed by atoms with Gasteiger partial charge in [-0.1, -0.05) is 0 Å². The molecule has 0 spiro atoms. The van der Waals surface area contributed by atoms with Gasteiger partial charge in [0.05, 0.1) is 0 Å². The van der Waals surface area contributed by atoms with Crippen molar-refractivity contribution >= 4 is 49.3 Å². The molecule has 5 N–H and O–H groups in total. The maximum atomic E-state index is 9.10. The quantitative estimate of drug-likeness (QED) is 0.169. The van der Waals surface area contributed by atoms with Crippen molar-refractivity contribution in [3.8, 4) is 0 Å². The molecule has 0 saturated carbocycles. The molecule has 0 unspecified atom stereocenters. The summed E-state index contributed by atoms with van der Waals surface area (Å²) in [5.41, 5.74) is 0. The molecule has 0 aliphatic rings. The second-order valence-electron chi connectivity index (χ2n) is 1.12. The molecule has 0 heterocycles. The van der Waals surface area contributed by atoms with Crippen molar-refractivity contribution in [3.05, 3.63) is 0 Å². The molecule has 0 rings (SSSR count). The third-order valence-electron chi connectivity index (χ3n) is 0.183. The molecule has 0 aliphatic carbocycles. The van der Waals surface area contributed by atoms with Crippen molar-refractivity contribution in [3.63, 3.8) is 0 Å². The molecule has 0 radical (unpaired) electrons. The molecule has 0 aliphatic heterocycles. The Labute approximate surface area is 88.4 Å². The van der Waals surface area contributed by atoms with Crippen LogP contribution in [0.3, 0.4) is 0 Å². The third kappa shape index (κ3) is 50.2. The monoisotopic (exact) mass is 212 g/mol. The van der Waals surface area contributed by atoms with Crippen molar-refractivity contribution in [2.45, 2.75) is 0 Å². The van der Waals surface area contributed by atoms with Gasteiger partial charge in [-0.2, -0.15) is 0 Å². The summed E-state index contributed by atoms with van der Waals surface area (Å²) in [7, 11) is -4.64. The van der Waals surface area contributed by atoms with Gasteiger partial charge < -0.3 is 24.9 Å². The molecule has 0 aromatic rings. The molecule has 0 atom stereocenters.